The number of fused-ring (bicyclic) bond motifs is 2. The maximum absolute atomic E-state index is 13.7. The normalized spacial score (nSPS) is 19.7. The summed E-state index contributed by atoms with van der Waals surface area (Å²) in [5.41, 5.74) is 1.45. The Morgan fingerprint density at radius 3 is 2.33 bits per heavy atom. The van der Waals surface area contributed by atoms with Crippen LogP contribution in [-0.2, 0) is 27.3 Å². The Hall–Kier alpha value is -5.86. The average molecular weight is 670 g/mol. The van der Waals surface area contributed by atoms with Crippen LogP contribution in [0.2, 0.25) is 0 Å². The molecule has 1 aliphatic heterocycles. The Balaban J connectivity index is 1.43. The third-order valence-corrected chi connectivity index (χ3v) is 7.84. The lowest BCUT2D eigenvalue weighted by molar-refractivity contribution is -0.132. The molecule has 4 aromatic rings. The Bertz CT molecular complexity index is 1770. The lowest BCUT2D eigenvalue weighted by atomic mass is 10.0. The summed E-state index contributed by atoms with van der Waals surface area (Å²) in [6, 6.07) is 16.7. The summed E-state index contributed by atoms with van der Waals surface area (Å²) >= 11 is 0. The zero-order chi connectivity index (χ0) is 34.9. The molecule has 5 rings (SSSR count). The molecule has 2 aromatic heterocycles. The van der Waals surface area contributed by atoms with Gasteiger partial charge in [-0.3, -0.25) is 24.0 Å². The van der Waals surface area contributed by atoms with Gasteiger partial charge in [-0.25, -0.2) is 4.68 Å². The predicted molar refractivity (Wildman–Crippen MR) is 176 cm³/mol. The van der Waals surface area contributed by atoms with Gasteiger partial charge in [0.2, 0.25) is 17.7 Å². The van der Waals surface area contributed by atoms with Gasteiger partial charge in [0.1, 0.15) is 18.1 Å². The number of nitrogens with zero attached hydrogens (tertiary/aromatic N) is 5. The van der Waals surface area contributed by atoms with Crippen LogP contribution in [0.4, 0.5) is 0 Å². The molecule has 3 heterocycles. The molecule has 0 unspecified atom stereocenters. The minimum Gasteiger partial charge on any atom is -0.359 e. The van der Waals surface area contributed by atoms with Crippen LogP contribution in [0.15, 0.2) is 77.4 Å². The predicted octanol–water partition coefficient (Wildman–Crippen LogP) is 1.40. The van der Waals surface area contributed by atoms with Crippen LogP contribution in [-0.4, -0.2) is 85.8 Å². The second-order valence-electron chi connectivity index (χ2n) is 12.2. The van der Waals surface area contributed by atoms with Crippen LogP contribution >= 0.6 is 0 Å². The monoisotopic (exact) mass is 669 g/mol. The molecule has 4 N–H and O–H groups in total. The van der Waals surface area contributed by atoms with Crippen molar-refractivity contribution in [3.63, 3.8) is 0 Å². The van der Waals surface area contributed by atoms with Crippen molar-refractivity contribution in [2.75, 3.05) is 13.1 Å². The van der Waals surface area contributed by atoms with Crippen molar-refractivity contribution in [3.8, 4) is 5.69 Å². The van der Waals surface area contributed by atoms with Gasteiger partial charge in [0, 0.05) is 25.6 Å². The summed E-state index contributed by atoms with van der Waals surface area (Å²) in [6.45, 7) is 5.18. The highest BCUT2D eigenvalue weighted by atomic mass is 16.5. The highest BCUT2D eigenvalue weighted by Gasteiger charge is 2.30. The summed E-state index contributed by atoms with van der Waals surface area (Å²) < 4.78 is 6.86. The Morgan fingerprint density at radius 1 is 0.918 bits per heavy atom. The van der Waals surface area contributed by atoms with E-state index >= 15 is 0 Å². The first kappa shape index (κ1) is 34.5. The zero-order valence-corrected chi connectivity index (χ0v) is 27.5. The molecule has 2 aromatic carbocycles. The molecule has 0 saturated carbocycles. The Labute approximate surface area is 282 Å². The molecule has 2 bridgehead atoms. The Kier molecular flexibility index (Phi) is 11.1. The fraction of sp³-hybridized carbons (Fsp3) is 0.353. The largest absolute Gasteiger partial charge is 0.359 e. The molecule has 15 nitrogen and oxygen atoms in total. The van der Waals surface area contributed by atoms with E-state index in [4.69, 9.17) is 4.52 Å². The van der Waals surface area contributed by atoms with E-state index in [1.807, 2.05) is 74.5 Å². The van der Waals surface area contributed by atoms with E-state index in [0.717, 1.165) is 5.56 Å². The second-order valence-corrected chi connectivity index (χ2v) is 12.2. The molecular weight excluding hydrogens is 630 g/mol. The van der Waals surface area contributed by atoms with Crippen LogP contribution in [0.1, 0.15) is 59.5 Å². The summed E-state index contributed by atoms with van der Waals surface area (Å²) in [6.07, 6.45) is 1.96. The molecule has 3 atom stereocenters. The van der Waals surface area contributed by atoms with Crippen LogP contribution < -0.4 is 21.3 Å². The molecule has 5 amide bonds. The molecule has 0 spiro atoms. The first-order valence-corrected chi connectivity index (χ1v) is 16.0. The Morgan fingerprint density at radius 2 is 1.61 bits per heavy atom. The van der Waals surface area contributed by atoms with E-state index in [9.17, 15) is 24.0 Å². The van der Waals surface area contributed by atoms with Gasteiger partial charge in [-0.2, -0.15) is 0 Å². The first-order valence-electron chi connectivity index (χ1n) is 16.0. The molecule has 0 fully saturated rings. The number of para-hydroxylation sites is 1. The van der Waals surface area contributed by atoms with Crippen molar-refractivity contribution < 1.29 is 28.5 Å². The lowest BCUT2D eigenvalue weighted by Crippen LogP contribution is -2.57. The molecule has 1 aliphatic rings. The highest BCUT2D eigenvalue weighted by Crippen LogP contribution is 2.14. The van der Waals surface area contributed by atoms with E-state index in [1.165, 1.54) is 28.8 Å². The number of carbonyl (C=O) groups excluding carboxylic acids is 5. The number of carbonyl (C=O) groups is 5. The summed E-state index contributed by atoms with van der Waals surface area (Å²) in [5, 5.41) is 22.9. The van der Waals surface area contributed by atoms with Crippen LogP contribution in [0, 0.1) is 5.92 Å². The number of amides is 5. The third kappa shape index (κ3) is 9.15. The number of rotatable bonds is 6. The lowest BCUT2D eigenvalue weighted by Gasteiger charge is -2.26. The van der Waals surface area contributed by atoms with Crippen molar-refractivity contribution >= 4 is 29.5 Å². The molecule has 49 heavy (non-hydrogen) atoms. The van der Waals surface area contributed by atoms with Gasteiger partial charge in [-0.15, -0.1) is 5.10 Å². The van der Waals surface area contributed by atoms with Crippen LogP contribution in [0.25, 0.3) is 5.69 Å². The minimum atomic E-state index is -1.04. The summed E-state index contributed by atoms with van der Waals surface area (Å²) in [5.74, 6) is -2.60. The van der Waals surface area contributed by atoms with Gasteiger partial charge in [-0.1, -0.05) is 72.7 Å². The van der Waals surface area contributed by atoms with E-state index in [0.29, 0.717) is 5.69 Å². The second kappa shape index (κ2) is 15.8. The van der Waals surface area contributed by atoms with Gasteiger partial charge in [0.25, 0.3) is 11.8 Å². The number of aromatic nitrogens is 4. The van der Waals surface area contributed by atoms with Gasteiger partial charge >= 0.3 is 0 Å². The molecule has 0 radical (unpaired) electrons. The average Bonchev–Trinajstić information content (AvgIpc) is 3.78. The third-order valence-electron chi connectivity index (χ3n) is 7.84. The smallest absolute Gasteiger partial charge is 0.276 e. The van der Waals surface area contributed by atoms with E-state index in [2.05, 4.69) is 36.7 Å². The van der Waals surface area contributed by atoms with Crippen molar-refractivity contribution in [1.82, 2.24) is 46.3 Å². The molecule has 15 heteroatoms. The molecule has 0 saturated heterocycles. The van der Waals surface area contributed by atoms with E-state index in [1.54, 1.807) is 0 Å². The van der Waals surface area contributed by atoms with Gasteiger partial charge < -0.3 is 30.7 Å². The molecule has 0 aliphatic carbocycles. The number of hydrogen-bond acceptors (Lipinski definition) is 9. The van der Waals surface area contributed by atoms with Crippen molar-refractivity contribution in [2.45, 2.75) is 58.3 Å². The molecule has 256 valence electrons. The minimum absolute atomic E-state index is 0.00368. The maximum Gasteiger partial charge on any atom is 0.276 e. The molecular formula is C34H39N9O6. The zero-order valence-electron chi connectivity index (χ0n) is 27.5. The van der Waals surface area contributed by atoms with Crippen LogP contribution in [0.3, 0.4) is 0 Å². The van der Waals surface area contributed by atoms with E-state index < -0.39 is 47.7 Å². The summed E-state index contributed by atoms with van der Waals surface area (Å²) in [4.78, 5) is 68.5. The first-order chi connectivity index (χ1) is 23.6. The van der Waals surface area contributed by atoms with E-state index in [-0.39, 0.29) is 55.5 Å². The number of nitrogens with one attached hydrogen (secondary N) is 4. The van der Waals surface area contributed by atoms with Gasteiger partial charge in [0.05, 0.1) is 18.4 Å². The fourth-order valence-corrected chi connectivity index (χ4v) is 5.27. The fourth-order valence-electron chi connectivity index (χ4n) is 5.27. The van der Waals surface area contributed by atoms with Gasteiger partial charge in [-0.05, 0) is 37.0 Å². The van der Waals surface area contributed by atoms with Crippen molar-refractivity contribution in [1.29, 1.82) is 0 Å². The maximum atomic E-state index is 13.7. The standard InChI is InChI=1S/C34H39N9O6/c1-21(2)16-26-32(46)38-27(17-23-10-6-4-7-11-23)31(45)35-14-15-42(34(48)29-20-43(41-39-29)24-12-8-5-9-13-24)19-25-18-28(40-49-25)33(47)36-22(3)30(44)37-26/h4-13,18,20-22,26-27H,14-17,19H2,1-3H3,(H,35,45)(H,36,47)(H,37,44)(H,38,46)/t22-,26-,27-/m1/s1. The van der Waals surface area contributed by atoms with Gasteiger partial charge in [0.15, 0.2) is 17.1 Å². The number of hydrogen-bond donors (Lipinski definition) is 4. The summed E-state index contributed by atoms with van der Waals surface area (Å²) in [7, 11) is 0. The SMILES string of the molecule is CC(C)C[C@H]1NC(=O)[C@@H](C)NC(=O)c2cc(on2)CN(C(=O)c2cn(-c3ccccc3)nn2)CCNC(=O)[C@@H](Cc2ccccc2)NC1=O. The van der Waals surface area contributed by atoms with Crippen molar-refractivity contribution in [2.24, 2.45) is 5.92 Å². The topological polar surface area (TPSA) is 193 Å². The van der Waals surface area contributed by atoms with Crippen molar-refractivity contribution in [3.05, 3.63) is 95.6 Å². The number of benzene rings is 2. The van der Waals surface area contributed by atoms with Crippen LogP contribution in [0.5, 0.6) is 0 Å². The quantitative estimate of drug-likeness (QED) is 0.235. The highest BCUT2D eigenvalue weighted by molar-refractivity contribution is 5.97.